The molecule has 1 saturated heterocycles. The maximum atomic E-state index is 6.05. The maximum absolute atomic E-state index is 6.05. The van der Waals surface area contributed by atoms with Crippen molar-refractivity contribution >= 4 is 22.6 Å². The fourth-order valence-corrected chi connectivity index (χ4v) is 3.11. The van der Waals surface area contributed by atoms with Crippen molar-refractivity contribution in [2.45, 2.75) is 25.7 Å². The van der Waals surface area contributed by atoms with Gasteiger partial charge in [-0.1, -0.05) is 11.6 Å². The summed E-state index contributed by atoms with van der Waals surface area (Å²) >= 11 is 6.05. The van der Waals surface area contributed by atoms with E-state index in [4.69, 9.17) is 16.6 Å². The van der Waals surface area contributed by atoms with E-state index in [1.807, 2.05) is 18.2 Å². The third-order valence-corrected chi connectivity index (χ3v) is 4.35. The molecule has 4 heteroatoms. The molecule has 0 radical (unpaired) electrons. The predicted molar refractivity (Wildman–Crippen MR) is 79.6 cm³/mol. The smallest absolute Gasteiger partial charge is 0.109 e. The molecule has 2 heterocycles. The van der Waals surface area contributed by atoms with Gasteiger partial charge in [-0.2, -0.15) is 0 Å². The summed E-state index contributed by atoms with van der Waals surface area (Å²) in [5, 5.41) is 4.25. The molecule has 0 saturated carbocycles. The molecule has 1 aliphatic rings. The number of nitrogens with zero attached hydrogens (tertiary/aromatic N) is 2. The molecule has 2 aromatic rings. The first-order valence-corrected chi connectivity index (χ1v) is 7.43. The van der Waals surface area contributed by atoms with Crippen LogP contribution in [0.5, 0.6) is 0 Å². The zero-order valence-corrected chi connectivity index (χ0v) is 12.1. The molecule has 1 unspecified atom stereocenters. The minimum atomic E-state index is 0.776. The Labute approximate surface area is 119 Å². The lowest BCUT2D eigenvalue weighted by Crippen LogP contribution is -2.30. The second kappa shape index (κ2) is 5.51. The minimum absolute atomic E-state index is 0.776. The van der Waals surface area contributed by atoms with Crippen LogP contribution in [0.25, 0.3) is 11.0 Å². The molecular weight excluding hydrogens is 258 g/mol. The van der Waals surface area contributed by atoms with Crippen LogP contribution in [0, 0.1) is 5.92 Å². The van der Waals surface area contributed by atoms with Gasteiger partial charge in [-0.25, -0.2) is 4.98 Å². The van der Waals surface area contributed by atoms with Crippen molar-refractivity contribution < 1.29 is 0 Å². The summed E-state index contributed by atoms with van der Waals surface area (Å²) in [6.07, 6.45) is 4.93. The summed E-state index contributed by atoms with van der Waals surface area (Å²) < 4.78 is 2.18. The van der Waals surface area contributed by atoms with Crippen molar-refractivity contribution in [2.75, 3.05) is 13.1 Å². The summed E-state index contributed by atoms with van der Waals surface area (Å²) in [6, 6.07) is 5.91. The van der Waals surface area contributed by atoms with Gasteiger partial charge in [-0.15, -0.1) is 0 Å². The second-order valence-electron chi connectivity index (χ2n) is 5.47. The molecule has 1 fully saturated rings. The highest BCUT2D eigenvalue weighted by Crippen LogP contribution is 2.22. The summed E-state index contributed by atoms with van der Waals surface area (Å²) in [5.41, 5.74) is 2.17. The molecule has 3 rings (SSSR count). The number of hydrogen-bond donors (Lipinski definition) is 1. The van der Waals surface area contributed by atoms with Crippen LogP contribution in [0.4, 0.5) is 0 Å². The third kappa shape index (κ3) is 2.77. The zero-order valence-electron chi connectivity index (χ0n) is 11.3. The molecule has 1 aromatic heterocycles. The molecule has 1 atom stereocenters. The van der Waals surface area contributed by atoms with Gasteiger partial charge >= 0.3 is 0 Å². The number of halogens is 1. The van der Waals surface area contributed by atoms with Crippen molar-refractivity contribution in [1.29, 1.82) is 0 Å². The van der Waals surface area contributed by atoms with E-state index in [0.29, 0.717) is 0 Å². The SMILES string of the molecule is Cn1c(CCC2CCCNC2)nc2ccc(Cl)cc21. The van der Waals surface area contributed by atoms with E-state index >= 15 is 0 Å². The Hall–Kier alpha value is -1.06. The maximum Gasteiger partial charge on any atom is 0.109 e. The highest BCUT2D eigenvalue weighted by atomic mass is 35.5. The quantitative estimate of drug-likeness (QED) is 0.934. The average molecular weight is 278 g/mol. The number of rotatable bonds is 3. The van der Waals surface area contributed by atoms with E-state index in [0.717, 1.165) is 34.9 Å². The van der Waals surface area contributed by atoms with E-state index in [2.05, 4.69) is 16.9 Å². The van der Waals surface area contributed by atoms with Gasteiger partial charge in [-0.3, -0.25) is 0 Å². The summed E-state index contributed by atoms with van der Waals surface area (Å²) in [7, 11) is 2.08. The van der Waals surface area contributed by atoms with Gasteiger partial charge in [0.1, 0.15) is 5.82 Å². The Balaban J connectivity index is 1.75. The first kappa shape index (κ1) is 12.9. The monoisotopic (exact) mass is 277 g/mol. The molecular formula is C15H20ClN3. The lowest BCUT2D eigenvalue weighted by atomic mass is 9.94. The lowest BCUT2D eigenvalue weighted by molar-refractivity contribution is 0.355. The van der Waals surface area contributed by atoms with Gasteiger partial charge in [0.25, 0.3) is 0 Å². The summed E-state index contributed by atoms with van der Waals surface area (Å²) in [5.74, 6) is 1.97. The first-order valence-electron chi connectivity index (χ1n) is 7.05. The van der Waals surface area contributed by atoms with Gasteiger partial charge in [0.15, 0.2) is 0 Å². The number of nitrogens with one attached hydrogen (secondary N) is 1. The van der Waals surface area contributed by atoms with Crippen LogP contribution >= 0.6 is 11.6 Å². The van der Waals surface area contributed by atoms with Gasteiger partial charge in [0, 0.05) is 18.5 Å². The minimum Gasteiger partial charge on any atom is -0.331 e. The highest BCUT2D eigenvalue weighted by molar-refractivity contribution is 6.31. The van der Waals surface area contributed by atoms with E-state index in [1.54, 1.807) is 0 Å². The zero-order chi connectivity index (χ0) is 13.2. The first-order chi connectivity index (χ1) is 9.24. The summed E-state index contributed by atoms with van der Waals surface area (Å²) in [6.45, 7) is 2.34. The summed E-state index contributed by atoms with van der Waals surface area (Å²) in [4.78, 5) is 4.72. The highest BCUT2D eigenvalue weighted by Gasteiger charge is 2.15. The van der Waals surface area contributed by atoms with Crippen molar-refractivity contribution in [3.8, 4) is 0 Å². The van der Waals surface area contributed by atoms with Crippen LogP contribution in [-0.2, 0) is 13.5 Å². The Morgan fingerprint density at radius 2 is 2.37 bits per heavy atom. The number of imidazole rings is 1. The normalized spacial score (nSPS) is 20.0. The van der Waals surface area contributed by atoms with Crippen LogP contribution in [0.2, 0.25) is 5.02 Å². The van der Waals surface area contributed by atoms with E-state index < -0.39 is 0 Å². The average Bonchev–Trinajstić information content (AvgIpc) is 2.74. The lowest BCUT2D eigenvalue weighted by Gasteiger charge is -2.22. The van der Waals surface area contributed by atoms with E-state index in [-0.39, 0.29) is 0 Å². The van der Waals surface area contributed by atoms with Gasteiger partial charge < -0.3 is 9.88 Å². The largest absolute Gasteiger partial charge is 0.331 e. The van der Waals surface area contributed by atoms with Crippen molar-refractivity contribution in [3.63, 3.8) is 0 Å². The molecule has 0 amide bonds. The molecule has 0 spiro atoms. The van der Waals surface area contributed by atoms with Crippen LogP contribution in [0.3, 0.4) is 0 Å². The third-order valence-electron chi connectivity index (χ3n) is 4.11. The van der Waals surface area contributed by atoms with Gasteiger partial charge in [-0.05, 0) is 56.5 Å². The van der Waals surface area contributed by atoms with Crippen LogP contribution in [-0.4, -0.2) is 22.6 Å². The molecule has 0 aliphatic carbocycles. The second-order valence-corrected chi connectivity index (χ2v) is 5.91. The molecule has 3 nitrogen and oxygen atoms in total. The van der Waals surface area contributed by atoms with Crippen molar-refractivity contribution in [1.82, 2.24) is 14.9 Å². The van der Waals surface area contributed by atoms with Crippen molar-refractivity contribution in [2.24, 2.45) is 13.0 Å². The predicted octanol–water partition coefficient (Wildman–Crippen LogP) is 3.16. The Kier molecular flexibility index (Phi) is 3.76. The number of fused-ring (bicyclic) bond motifs is 1. The molecule has 19 heavy (non-hydrogen) atoms. The van der Waals surface area contributed by atoms with Crippen LogP contribution < -0.4 is 5.32 Å². The standard InChI is InChI=1S/C15H20ClN3/c1-19-14-9-12(16)5-6-13(14)18-15(19)7-4-11-3-2-8-17-10-11/h5-6,9,11,17H,2-4,7-8,10H2,1H3. The van der Waals surface area contributed by atoms with Crippen LogP contribution in [0.1, 0.15) is 25.1 Å². The molecule has 0 bridgehead atoms. The number of benzene rings is 1. The Morgan fingerprint density at radius 3 is 3.16 bits per heavy atom. The molecule has 1 N–H and O–H groups in total. The number of aryl methyl sites for hydroxylation is 2. The fourth-order valence-electron chi connectivity index (χ4n) is 2.94. The van der Waals surface area contributed by atoms with Gasteiger partial charge in [0.05, 0.1) is 11.0 Å². The number of piperidine rings is 1. The van der Waals surface area contributed by atoms with E-state index in [1.165, 1.54) is 31.6 Å². The topological polar surface area (TPSA) is 29.9 Å². The fraction of sp³-hybridized carbons (Fsp3) is 0.533. The molecule has 102 valence electrons. The molecule has 1 aliphatic heterocycles. The Bertz CT molecular complexity index is 570. The van der Waals surface area contributed by atoms with E-state index in [9.17, 15) is 0 Å². The van der Waals surface area contributed by atoms with Gasteiger partial charge in [0.2, 0.25) is 0 Å². The Morgan fingerprint density at radius 1 is 1.47 bits per heavy atom. The number of hydrogen-bond acceptors (Lipinski definition) is 2. The van der Waals surface area contributed by atoms with Crippen molar-refractivity contribution in [3.05, 3.63) is 29.0 Å². The van der Waals surface area contributed by atoms with Crippen LogP contribution in [0.15, 0.2) is 18.2 Å². The molecule has 1 aromatic carbocycles. The number of aromatic nitrogens is 2.